The van der Waals surface area contributed by atoms with Gasteiger partial charge in [-0.05, 0) is 26.8 Å². The van der Waals surface area contributed by atoms with E-state index in [1.807, 2.05) is 0 Å². The quantitative estimate of drug-likeness (QED) is 0.742. The third kappa shape index (κ3) is 2.50. The van der Waals surface area contributed by atoms with E-state index >= 15 is 0 Å². The van der Waals surface area contributed by atoms with Gasteiger partial charge in [0.05, 0.1) is 13.2 Å². The number of ether oxygens (including phenoxy) is 2. The van der Waals surface area contributed by atoms with E-state index in [9.17, 15) is 0 Å². The molecular weight excluding hydrogens is 194 g/mol. The third-order valence-corrected chi connectivity index (χ3v) is 3.35. The Morgan fingerprint density at radius 3 is 2.80 bits per heavy atom. The molecule has 15 heavy (non-hydrogen) atoms. The molecule has 0 radical (unpaired) electrons. The maximum Gasteiger partial charge on any atom is 0.162 e. The molecule has 0 amide bonds. The minimum absolute atomic E-state index is 0.0666. The fourth-order valence-corrected chi connectivity index (χ4v) is 2.32. The van der Waals surface area contributed by atoms with Crippen molar-refractivity contribution in [2.45, 2.75) is 38.7 Å². The number of rotatable bonds is 3. The molecule has 3 atom stereocenters. The smallest absolute Gasteiger partial charge is 0.162 e. The van der Waals surface area contributed by atoms with Gasteiger partial charge in [-0.25, -0.2) is 0 Å². The zero-order chi connectivity index (χ0) is 10.8. The number of aliphatic hydroxyl groups is 1. The predicted molar refractivity (Wildman–Crippen MR) is 56.5 cm³/mol. The summed E-state index contributed by atoms with van der Waals surface area (Å²) in [5, 5.41) is 8.95. The summed E-state index contributed by atoms with van der Waals surface area (Å²) in [6.45, 7) is 7.23. The van der Waals surface area contributed by atoms with Gasteiger partial charge in [-0.1, -0.05) is 0 Å². The van der Waals surface area contributed by atoms with Crippen molar-refractivity contribution in [3.8, 4) is 0 Å². The molecule has 0 aromatic rings. The molecule has 2 rings (SSSR count). The summed E-state index contributed by atoms with van der Waals surface area (Å²) in [7, 11) is 0. The summed E-state index contributed by atoms with van der Waals surface area (Å²) in [4.78, 5) is 2.45. The first-order chi connectivity index (χ1) is 7.20. The van der Waals surface area contributed by atoms with E-state index in [1.165, 1.54) is 0 Å². The van der Waals surface area contributed by atoms with Gasteiger partial charge in [0.25, 0.3) is 0 Å². The van der Waals surface area contributed by atoms with Gasteiger partial charge in [0.1, 0.15) is 6.10 Å². The SMILES string of the molecule is CC(C)N1CCC(C2OCC(CO)O2)C1. The molecule has 2 heterocycles. The van der Waals surface area contributed by atoms with Crippen molar-refractivity contribution >= 4 is 0 Å². The second-order valence-electron chi connectivity index (χ2n) is 4.78. The van der Waals surface area contributed by atoms with Gasteiger partial charge in [-0.2, -0.15) is 0 Å². The number of nitrogens with zero attached hydrogens (tertiary/aromatic N) is 1. The standard InChI is InChI=1S/C11H21NO3/c1-8(2)12-4-3-9(5-12)11-14-7-10(6-13)15-11/h8-11,13H,3-7H2,1-2H3. The topological polar surface area (TPSA) is 41.9 Å². The fourth-order valence-electron chi connectivity index (χ4n) is 2.32. The Kier molecular flexibility index (Phi) is 3.61. The van der Waals surface area contributed by atoms with Crippen LogP contribution in [0.3, 0.4) is 0 Å². The lowest BCUT2D eigenvalue weighted by atomic mass is 10.1. The van der Waals surface area contributed by atoms with Crippen LogP contribution in [0.15, 0.2) is 0 Å². The average Bonchev–Trinajstić information content (AvgIpc) is 2.86. The van der Waals surface area contributed by atoms with E-state index in [4.69, 9.17) is 14.6 Å². The van der Waals surface area contributed by atoms with Crippen molar-refractivity contribution in [3.63, 3.8) is 0 Å². The molecule has 0 bridgehead atoms. The van der Waals surface area contributed by atoms with Crippen molar-refractivity contribution in [1.82, 2.24) is 4.90 Å². The fraction of sp³-hybridized carbons (Fsp3) is 1.00. The minimum Gasteiger partial charge on any atom is -0.394 e. The molecule has 0 saturated carbocycles. The zero-order valence-electron chi connectivity index (χ0n) is 9.56. The molecule has 2 fully saturated rings. The van der Waals surface area contributed by atoms with E-state index in [0.29, 0.717) is 18.6 Å². The van der Waals surface area contributed by atoms with Crippen LogP contribution in [0.1, 0.15) is 20.3 Å². The molecule has 0 aromatic heterocycles. The van der Waals surface area contributed by atoms with Gasteiger partial charge in [0.2, 0.25) is 0 Å². The average molecular weight is 215 g/mol. The number of hydrogen-bond donors (Lipinski definition) is 1. The first-order valence-corrected chi connectivity index (χ1v) is 5.82. The minimum atomic E-state index is -0.108. The number of aliphatic hydroxyl groups excluding tert-OH is 1. The van der Waals surface area contributed by atoms with Gasteiger partial charge in [-0.15, -0.1) is 0 Å². The van der Waals surface area contributed by atoms with Crippen molar-refractivity contribution in [2.75, 3.05) is 26.3 Å². The van der Waals surface area contributed by atoms with E-state index in [2.05, 4.69) is 18.7 Å². The van der Waals surface area contributed by atoms with Gasteiger partial charge in [-0.3, -0.25) is 0 Å². The molecule has 4 nitrogen and oxygen atoms in total. The molecule has 2 saturated heterocycles. The van der Waals surface area contributed by atoms with Gasteiger partial charge < -0.3 is 19.5 Å². The van der Waals surface area contributed by atoms with Gasteiger partial charge in [0.15, 0.2) is 6.29 Å². The van der Waals surface area contributed by atoms with Gasteiger partial charge in [0, 0.05) is 18.5 Å². The van der Waals surface area contributed by atoms with Gasteiger partial charge >= 0.3 is 0 Å². The Bertz CT molecular complexity index is 210. The Hall–Kier alpha value is -0.160. The third-order valence-electron chi connectivity index (χ3n) is 3.35. The highest BCUT2D eigenvalue weighted by atomic mass is 16.7. The largest absolute Gasteiger partial charge is 0.394 e. The lowest BCUT2D eigenvalue weighted by molar-refractivity contribution is -0.0989. The first kappa shape index (κ1) is 11.3. The van der Waals surface area contributed by atoms with Crippen LogP contribution in [0.2, 0.25) is 0 Å². The summed E-state index contributed by atoms with van der Waals surface area (Å²) in [6, 6.07) is 0.602. The molecular formula is C11H21NO3. The molecule has 2 aliphatic rings. The highest BCUT2D eigenvalue weighted by Crippen LogP contribution is 2.27. The maximum absolute atomic E-state index is 8.95. The van der Waals surface area contributed by atoms with E-state index in [0.717, 1.165) is 19.5 Å². The molecule has 0 aliphatic carbocycles. The lowest BCUT2D eigenvalue weighted by Crippen LogP contribution is -2.31. The summed E-state index contributed by atoms with van der Waals surface area (Å²) in [6.07, 6.45) is 0.940. The van der Waals surface area contributed by atoms with Crippen LogP contribution >= 0.6 is 0 Å². The molecule has 88 valence electrons. The second kappa shape index (κ2) is 4.78. The summed E-state index contributed by atoms with van der Waals surface area (Å²) in [5.41, 5.74) is 0. The highest BCUT2D eigenvalue weighted by molar-refractivity contribution is 4.82. The predicted octanol–water partition coefficient (Wildman–Crippen LogP) is 0.450. The summed E-state index contributed by atoms with van der Waals surface area (Å²) in [5.74, 6) is 0.476. The van der Waals surface area contributed by atoms with Crippen LogP contribution in [-0.4, -0.2) is 54.7 Å². The Balaban J connectivity index is 1.81. The van der Waals surface area contributed by atoms with Crippen molar-refractivity contribution in [1.29, 1.82) is 0 Å². The first-order valence-electron chi connectivity index (χ1n) is 5.82. The normalized spacial score (nSPS) is 38.0. The molecule has 3 unspecified atom stereocenters. The van der Waals surface area contributed by atoms with Crippen LogP contribution in [0, 0.1) is 5.92 Å². The second-order valence-corrected chi connectivity index (χ2v) is 4.78. The van der Waals surface area contributed by atoms with Crippen LogP contribution in [0.4, 0.5) is 0 Å². The van der Waals surface area contributed by atoms with E-state index < -0.39 is 0 Å². The number of hydrogen-bond acceptors (Lipinski definition) is 4. The van der Waals surface area contributed by atoms with Crippen LogP contribution in [-0.2, 0) is 9.47 Å². The highest BCUT2D eigenvalue weighted by Gasteiger charge is 2.36. The van der Waals surface area contributed by atoms with Crippen LogP contribution in [0.5, 0.6) is 0 Å². The molecule has 4 heteroatoms. The molecule has 2 aliphatic heterocycles. The zero-order valence-corrected chi connectivity index (χ0v) is 9.56. The van der Waals surface area contributed by atoms with Crippen molar-refractivity contribution < 1.29 is 14.6 Å². The van der Waals surface area contributed by atoms with Crippen molar-refractivity contribution in [2.24, 2.45) is 5.92 Å². The van der Waals surface area contributed by atoms with Crippen LogP contribution < -0.4 is 0 Å². The van der Waals surface area contributed by atoms with E-state index in [1.54, 1.807) is 0 Å². The maximum atomic E-state index is 8.95. The van der Waals surface area contributed by atoms with Crippen LogP contribution in [0.25, 0.3) is 0 Å². The Labute approximate surface area is 91.2 Å². The molecule has 1 N–H and O–H groups in total. The summed E-state index contributed by atoms with van der Waals surface area (Å²) >= 11 is 0. The molecule has 0 aromatic carbocycles. The Morgan fingerprint density at radius 1 is 1.47 bits per heavy atom. The summed E-state index contributed by atoms with van der Waals surface area (Å²) < 4.78 is 11.2. The van der Waals surface area contributed by atoms with E-state index in [-0.39, 0.29) is 19.0 Å². The monoisotopic (exact) mass is 215 g/mol. The van der Waals surface area contributed by atoms with Crippen molar-refractivity contribution in [3.05, 3.63) is 0 Å². The molecule has 0 spiro atoms. The number of likely N-dealkylation sites (tertiary alicyclic amines) is 1. The Morgan fingerprint density at radius 2 is 2.27 bits per heavy atom. The lowest BCUT2D eigenvalue weighted by Gasteiger charge is -2.22.